The van der Waals surface area contributed by atoms with Crippen LogP contribution < -0.4 is 11.1 Å². The topological polar surface area (TPSA) is 102 Å². The van der Waals surface area contributed by atoms with Crippen LogP contribution in [-0.4, -0.2) is 41.8 Å². The van der Waals surface area contributed by atoms with Gasteiger partial charge in [-0.25, -0.2) is 4.79 Å². The van der Waals surface area contributed by atoms with Gasteiger partial charge in [0.25, 0.3) is 5.91 Å². The van der Waals surface area contributed by atoms with Crippen LogP contribution in [-0.2, 0) is 20.7 Å². The first-order valence-electron chi connectivity index (χ1n) is 8.39. The van der Waals surface area contributed by atoms with Crippen LogP contribution in [0.25, 0.3) is 0 Å². The predicted molar refractivity (Wildman–Crippen MR) is 105 cm³/mol. The Kier molecular flexibility index (Phi) is 9.37. The Bertz CT molecular complexity index is 563. The minimum absolute atomic E-state index is 0.187. The summed E-state index contributed by atoms with van der Waals surface area (Å²) >= 11 is 2.20. The van der Waals surface area contributed by atoms with Crippen molar-refractivity contribution in [1.82, 2.24) is 5.32 Å². The Morgan fingerprint density at radius 2 is 1.88 bits per heavy atom. The zero-order chi connectivity index (χ0) is 19.0. The number of esters is 1. The lowest BCUT2D eigenvalue weighted by Crippen LogP contribution is -2.52. The molecule has 4 N–H and O–H groups in total. The number of rotatable bonds is 9. The second-order valence-electron chi connectivity index (χ2n) is 6.38. The van der Waals surface area contributed by atoms with E-state index in [1.807, 2.05) is 38.1 Å². The molecule has 6 nitrogen and oxygen atoms in total. The fourth-order valence-corrected chi connectivity index (χ4v) is 2.74. The molecule has 0 aromatic heterocycles. The second kappa shape index (κ2) is 10.7. The standard InChI is InChI=1S/C18H27IN2O4/c1-4-25-18(24)15(9-11(2)3)21-17(23)16(22)14(20)10-12-5-7-13(19)8-6-12/h5-8,11,14-16,22H,4,9-10,20H2,1-3H3,(H,21,23)/t14-,15?,16+/m1/s1. The van der Waals surface area contributed by atoms with Gasteiger partial charge in [0.2, 0.25) is 0 Å². The molecule has 0 aliphatic heterocycles. The lowest BCUT2D eigenvalue weighted by molar-refractivity contribution is -0.149. The smallest absolute Gasteiger partial charge is 0.328 e. The fourth-order valence-electron chi connectivity index (χ4n) is 2.38. The van der Waals surface area contributed by atoms with E-state index in [-0.39, 0.29) is 12.5 Å². The Hall–Kier alpha value is -1.19. The molecule has 0 radical (unpaired) electrons. The van der Waals surface area contributed by atoms with Gasteiger partial charge in [-0.2, -0.15) is 0 Å². The van der Waals surface area contributed by atoms with Crippen LogP contribution in [0.4, 0.5) is 0 Å². The van der Waals surface area contributed by atoms with Crippen LogP contribution in [0.15, 0.2) is 24.3 Å². The largest absolute Gasteiger partial charge is 0.464 e. The lowest BCUT2D eigenvalue weighted by atomic mass is 10.00. The van der Waals surface area contributed by atoms with Crippen molar-refractivity contribution in [2.75, 3.05) is 6.61 Å². The lowest BCUT2D eigenvalue weighted by Gasteiger charge is -2.23. The highest BCUT2D eigenvalue weighted by atomic mass is 127. The number of hydrogen-bond acceptors (Lipinski definition) is 5. The van der Waals surface area contributed by atoms with Crippen molar-refractivity contribution in [3.05, 3.63) is 33.4 Å². The van der Waals surface area contributed by atoms with Crippen molar-refractivity contribution < 1.29 is 19.4 Å². The molecule has 3 atom stereocenters. The third-order valence-electron chi connectivity index (χ3n) is 3.65. The minimum Gasteiger partial charge on any atom is -0.464 e. The zero-order valence-corrected chi connectivity index (χ0v) is 17.0. The summed E-state index contributed by atoms with van der Waals surface area (Å²) in [6.07, 6.45) is -0.605. The Labute approximate surface area is 162 Å². The quantitative estimate of drug-likeness (QED) is 0.383. The minimum atomic E-state index is -1.40. The number of halogens is 1. The molecule has 1 unspecified atom stereocenters. The second-order valence-corrected chi connectivity index (χ2v) is 7.63. The molecule has 0 aliphatic carbocycles. The van der Waals surface area contributed by atoms with Gasteiger partial charge in [0.05, 0.1) is 6.61 Å². The molecule has 1 rings (SSSR count). The zero-order valence-electron chi connectivity index (χ0n) is 14.9. The average molecular weight is 462 g/mol. The third kappa shape index (κ3) is 7.70. The van der Waals surface area contributed by atoms with Crippen molar-refractivity contribution in [2.45, 2.75) is 51.8 Å². The summed E-state index contributed by atoms with van der Waals surface area (Å²) in [7, 11) is 0. The average Bonchev–Trinajstić information content (AvgIpc) is 2.55. The molecule has 1 aromatic carbocycles. The van der Waals surface area contributed by atoms with Gasteiger partial charge in [0.1, 0.15) is 12.1 Å². The predicted octanol–water partition coefficient (Wildman–Crippen LogP) is 1.62. The first kappa shape index (κ1) is 21.9. The van der Waals surface area contributed by atoms with E-state index in [2.05, 4.69) is 27.9 Å². The third-order valence-corrected chi connectivity index (χ3v) is 4.37. The van der Waals surface area contributed by atoms with Crippen molar-refractivity contribution in [3.63, 3.8) is 0 Å². The van der Waals surface area contributed by atoms with Crippen molar-refractivity contribution in [3.8, 4) is 0 Å². The number of amides is 1. The highest BCUT2D eigenvalue weighted by molar-refractivity contribution is 14.1. The number of benzene rings is 1. The molecular weight excluding hydrogens is 435 g/mol. The van der Waals surface area contributed by atoms with Crippen molar-refractivity contribution in [1.29, 1.82) is 0 Å². The van der Waals surface area contributed by atoms with Crippen LogP contribution in [0.3, 0.4) is 0 Å². The molecule has 0 fully saturated rings. The summed E-state index contributed by atoms with van der Waals surface area (Å²) in [5.74, 6) is -0.966. The number of nitrogens with two attached hydrogens (primary N) is 1. The van der Waals surface area contributed by atoms with Gasteiger partial charge in [-0.05, 0) is 66.0 Å². The van der Waals surface area contributed by atoms with E-state index >= 15 is 0 Å². The van der Waals surface area contributed by atoms with Gasteiger partial charge in [-0.3, -0.25) is 4.79 Å². The maximum atomic E-state index is 12.3. The molecule has 1 amide bonds. The number of hydrogen-bond donors (Lipinski definition) is 3. The summed E-state index contributed by atoms with van der Waals surface area (Å²) in [5.41, 5.74) is 6.91. The summed E-state index contributed by atoms with van der Waals surface area (Å²) in [6, 6.07) is 6.15. The van der Waals surface area contributed by atoms with E-state index in [1.165, 1.54) is 0 Å². The van der Waals surface area contributed by atoms with Crippen LogP contribution in [0.5, 0.6) is 0 Å². The first-order chi connectivity index (χ1) is 11.7. The van der Waals surface area contributed by atoms with E-state index in [9.17, 15) is 14.7 Å². The van der Waals surface area contributed by atoms with Gasteiger partial charge < -0.3 is 20.9 Å². The van der Waals surface area contributed by atoms with Crippen LogP contribution in [0, 0.1) is 9.49 Å². The maximum absolute atomic E-state index is 12.3. The molecule has 7 heteroatoms. The molecule has 140 valence electrons. The molecule has 0 saturated carbocycles. The number of aliphatic hydroxyl groups excluding tert-OH is 1. The summed E-state index contributed by atoms with van der Waals surface area (Å²) < 4.78 is 6.08. The maximum Gasteiger partial charge on any atom is 0.328 e. The van der Waals surface area contributed by atoms with Gasteiger partial charge in [-0.15, -0.1) is 0 Å². The SMILES string of the molecule is CCOC(=O)C(CC(C)C)NC(=O)[C@@H](O)[C@H](N)Cc1ccc(I)cc1. The number of nitrogens with one attached hydrogen (secondary N) is 1. The van der Waals surface area contributed by atoms with Crippen LogP contribution in [0.1, 0.15) is 32.8 Å². The van der Waals surface area contributed by atoms with Crippen molar-refractivity contribution in [2.24, 2.45) is 11.7 Å². The molecule has 25 heavy (non-hydrogen) atoms. The van der Waals surface area contributed by atoms with Gasteiger partial charge in [0.15, 0.2) is 0 Å². The molecule has 0 saturated heterocycles. The van der Waals surface area contributed by atoms with Gasteiger partial charge in [0, 0.05) is 9.61 Å². The molecule has 0 bridgehead atoms. The summed E-state index contributed by atoms with van der Waals surface area (Å²) in [4.78, 5) is 24.3. The molecular formula is C18H27IN2O4. The van der Waals surface area contributed by atoms with Crippen LogP contribution in [0.2, 0.25) is 0 Å². The molecule has 0 aliphatic rings. The normalized spacial score (nSPS) is 14.7. The Balaban J connectivity index is 2.67. The fraction of sp³-hybridized carbons (Fsp3) is 0.556. The molecule has 0 heterocycles. The van der Waals surface area contributed by atoms with E-state index in [0.717, 1.165) is 9.13 Å². The summed E-state index contributed by atoms with van der Waals surface area (Å²) in [6.45, 7) is 5.82. The van der Waals surface area contributed by atoms with Gasteiger partial charge >= 0.3 is 5.97 Å². The molecule has 0 spiro atoms. The summed E-state index contributed by atoms with van der Waals surface area (Å²) in [5, 5.41) is 12.8. The van der Waals surface area contributed by atoms with Crippen LogP contribution >= 0.6 is 22.6 Å². The monoisotopic (exact) mass is 462 g/mol. The van der Waals surface area contributed by atoms with E-state index in [0.29, 0.717) is 12.8 Å². The molecule has 1 aromatic rings. The van der Waals surface area contributed by atoms with E-state index in [1.54, 1.807) is 6.92 Å². The van der Waals surface area contributed by atoms with E-state index < -0.39 is 30.1 Å². The number of ether oxygens (including phenoxy) is 1. The van der Waals surface area contributed by atoms with Crippen molar-refractivity contribution >= 4 is 34.5 Å². The highest BCUT2D eigenvalue weighted by Gasteiger charge is 2.29. The number of carbonyl (C=O) groups is 2. The van der Waals surface area contributed by atoms with Gasteiger partial charge in [-0.1, -0.05) is 26.0 Å². The highest BCUT2D eigenvalue weighted by Crippen LogP contribution is 2.11. The number of aliphatic hydroxyl groups is 1. The van der Waals surface area contributed by atoms with E-state index in [4.69, 9.17) is 10.5 Å². The Morgan fingerprint density at radius 3 is 2.40 bits per heavy atom. The first-order valence-corrected chi connectivity index (χ1v) is 9.47. The Morgan fingerprint density at radius 1 is 1.28 bits per heavy atom. The number of carbonyl (C=O) groups excluding carboxylic acids is 2.